The van der Waals surface area contributed by atoms with Gasteiger partial charge in [0.2, 0.25) is 0 Å². The molecular formula is C16H17N5OS. The molecule has 0 spiro atoms. The number of rotatable bonds is 5. The second-order valence-corrected chi connectivity index (χ2v) is 6.33. The molecule has 0 unspecified atom stereocenters. The van der Waals surface area contributed by atoms with E-state index < -0.39 is 0 Å². The Morgan fingerprint density at radius 1 is 1.22 bits per heavy atom. The summed E-state index contributed by atoms with van der Waals surface area (Å²) in [4.78, 5) is 21.5. The minimum absolute atomic E-state index is 0.0871. The Kier molecular flexibility index (Phi) is 4.47. The minimum atomic E-state index is -0.0871. The number of hydrogen-bond donors (Lipinski definition) is 2. The molecule has 0 radical (unpaired) electrons. The van der Waals surface area contributed by atoms with Gasteiger partial charge >= 0.3 is 0 Å². The number of H-pyrrole nitrogens is 1. The van der Waals surface area contributed by atoms with Crippen LogP contribution in [0.1, 0.15) is 26.2 Å². The lowest BCUT2D eigenvalue weighted by atomic mass is 10.2. The van der Waals surface area contributed by atoms with Crippen molar-refractivity contribution >= 4 is 17.2 Å². The van der Waals surface area contributed by atoms with Crippen molar-refractivity contribution in [2.45, 2.75) is 20.3 Å². The molecule has 2 N–H and O–H groups in total. The van der Waals surface area contributed by atoms with Crippen LogP contribution in [0.5, 0.6) is 0 Å². The van der Waals surface area contributed by atoms with E-state index in [0.717, 1.165) is 22.1 Å². The van der Waals surface area contributed by atoms with Gasteiger partial charge in [0.15, 0.2) is 5.82 Å². The summed E-state index contributed by atoms with van der Waals surface area (Å²) in [5, 5.41) is 10.9. The minimum Gasteiger partial charge on any atom is -0.351 e. The summed E-state index contributed by atoms with van der Waals surface area (Å²) in [6, 6.07) is 9.78. The molecule has 2 heterocycles. The second kappa shape index (κ2) is 6.70. The molecule has 0 saturated heterocycles. The molecular weight excluding hydrogens is 310 g/mol. The number of carbonyl (C=O) groups is 1. The van der Waals surface area contributed by atoms with Crippen LogP contribution in [0.3, 0.4) is 0 Å². The SMILES string of the molecule is Cc1nc(C)c(C(=O)NCCc2nc(-c3ccccc3)n[nH]2)s1. The Balaban J connectivity index is 1.56. The van der Waals surface area contributed by atoms with Crippen LogP contribution in [0.2, 0.25) is 0 Å². The van der Waals surface area contributed by atoms with Gasteiger partial charge in [0.1, 0.15) is 10.7 Å². The van der Waals surface area contributed by atoms with E-state index >= 15 is 0 Å². The number of hydrogen-bond acceptors (Lipinski definition) is 5. The molecule has 3 rings (SSSR count). The van der Waals surface area contributed by atoms with E-state index in [9.17, 15) is 4.79 Å². The molecule has 7 heteroatoms. The van der Waals surface area contributed by atoms with Gasteiger partial charge in [-0.3, -0.25) is 9.89 Å². The maximum absolute atomic E-state index is 12.1. The molecule has 23 heavy (non-hydrogen) atoms. The molecule has 0 aliphatic rings. The fraction of sp³-hybridized carbons (Fsp3) is 0.250. The topological polar surface area (TPSA) is 83.6 Å². The van der Waals surface area contributed by atoms with E-state index in [2.05, 4.69) is 25.5 Å². The van der Waals surface area contributed by atoms with E-state index in [4.69, 9.17) is 0 Å². The summed E-state index contributed by atoms with van der Waals surface area (Å²) in [5.41, 5.74) is 1.74. The lowest BCUT2D eigenvalue weighted by molar-refractivity contribution is 0.0957. The third-order valence-electron chi connectivity index (χ3n) is 3.32. The van der Waals surface area contributed by atoms with Gasteiger partial charge in [0.25, 0.3) is 5.91 Å². The molecule has 0 fully saturated rings. The highest BCUT2D eigenvalue weighted by molar-refractivity contribution is 7.13. The maximum atomic E-state index is 12.1. The largest absolute Gasteiger partial charge is 0.351 e. The number of nitrogens with zero attached hydrogens (tertiary/aromatic N) is 3. The quantitative estimate of drug-likeness (QED) is 0.754. The first-order chi connectivity index (χ1) is 11.1. The normalized spacial score (nSPS) is 10.7. The second-order valence-electron chi connectivity index (χ2n) is 5.13. The van der Waals surface area contributed by atoms with Gasteiger partial charge in [-0.05, 0) is 13.8 Å². The first kappa shape index (κ1) is 15.4. The molecule has 1 aromatic carbocycles. The highest BCUT2D eigenvalue weighted by Gasteiger charge is 2.13. The summed E-state index contributed by atoms with van der Waals surface area (Å²) in [6.07, 6.45) is 0.600. The highest BCUT2D eigenvalue weighted by atomic mass is 32.1. The lowest BCUT2D eigenvalue weighted by Crippen LogP contribution is -2.25. The van der Waals surface area contributed by atoms with Gasteiger partial charge in [0, 0.05) is 18.5 Å². The van der Waals surface area contributed by atoms with Crippen molar-refractivity contribution in [1.82, 2.24) is 25.5 Å². The van der Waals surface area contributed by atoms with E-state index in [-0.39, 0.29) is 5.91 Å². The molecule has 2 aromatic heterocycles. The smallest absolute Gasteiger partial charge is 0.263 e. The fourth-order valence-corrected chi connectivity index (χ4v) is 3.08. The molecule has 0 atom stereocenters. The Hall–Kier alpha value is -2.54. The Bertz CT molecular complexity index is 809. The molecule has 0 aliphatic heterocycles. The summed E-state index contributed by atoms with van der Waals surface area (Å²) in [7, 11) is 0. The van der Waals surface area contributed by atoms with Gasteiger partial charge in [-0.15, -0.1) is 11.3 Å². The van der Waals surface area contributed by atoms with Crippen molar-refractivity contribution in [2.24, 2.45) is 0 Å². The standard InChI is InChI=1S/C16H17N5OS/c1-10-14(23-11(2)18-10)16(22)17-9-8-13-19-15(21-20-13)12-6-4-3-5-7-12/h3-7H,8-9H2,1-2H3,(H,17,22)(H,19,20,21). The molecule has 6 nitrogen and oxygen atoms in total. The number of amides is 1. The van der Waals surface area contributed by atoms with Crippen molar-refractivity contribution < 1.29 is 4.79 Å². The Morgan fingerprint density at radius 2 is 2.00 bits per heavy atom. The Labute approximate surface area is 138 Å². The van der Waals surface area contributed by atoms with Crippen molar-refractivity contribution in [3.63, 3.8) is 0 Å². The van der Waals surface area contributed by atoms with Gasteiger partial charge in [0.05, 0.1) is 10.7 Å². The molecule has 1 amide bonds. The van der Waals surface area contributed by atoms with Crippen LogP contribution in [0, 0.1) is 13.8 Å². The predicted octanol–water partition coefficient (Wildman–Crippen LogP) is 2.52. The monoisotopic (exact) mass is 327 g/mol. The number of aromatic nitrogens is 4. The van der Waals surface area contributed by atoms with Gasteiger partial charge in [-0.25, -0.2) is 9.97 Å². The summed E-state index contributed by atoms with van der Waals surface area (Å²) in [5.74, 6) is 1.33. The third kappa shape index (κ3) is 3.62. The zero-order valence-corrected chi connectivity index (χ0v) is 13.8. The fourth-order valence-electron chi connectivity index (χ4n) is 2.24. The average molecular weight is 327 g/mol. The van der Waals surface area contributed by atoms with Crippen LogP contribution in [-0.4, -0.2) is 32.6 Å². The van der Waals surface area contributed by atoms with Gasteiger partial charge in [-0.2, -0.15) is 5.10 Å². The molecule has 0 aliphatic carbocycles. The Morgan fingerprint density at radius 3 is 2.70 bits per heavy atom. The zero-order valence-electron chi connectivity index (χ0n) is 13.0. The van der Waals surface area contributed by atoms with Crippen LogP contribution in [0.15, 0.2) is 30.3 Å². The number of aryl methyl sites for hydroxylation is 2. The zero-order chi connectivity index (χ0) is 16.2. The number of carbonyl (C=O) groups excluding carboxylic acids is 1. The van der Waals surface area contributed by atoms with Crippen molar-refractivity contribution in [3.05, 3.63) is 51.7 Å². The van der Waals surface area contributed by atoms with E-state index in [1.165, 1.54) is 11.3 Å². The predicted molar refractivity (Wildman–Crippen MR) is 89.4 cm³/mol. The van der Waals surface area contributed by atoms with Gasteiger partial charge < -0.3 is 5.32 Å². The molecule has 118 valence electrons. The van der Waals surface area contributed by atoms with Gasteiger partial charge in [-0.1, -0.05) is 30.3 Å². The van der Waals surface area contributed by atoms with Crippen molar-refractivity contribution in [1.29, 1.82) is 0 Å². The molecule has 3 aromatic rings. The maximum Gasteiger partial charge on any atom is 0.263 e. The summed E-state index contributed by atoms with van der Waals surface area (Å²) >= 11 is 1.41. The van der Waals surface area contributed by atoms with Crippen LogP contribution >= 0.6 is 11.3 Å². The van der Waals surface area contributed by atoms with E-state index in [0.29, 0.717) is 23.7 Å². The van der Waals surface area contributed by atoms with Crippen LogP contribution in [0.4, 0.5) is 0 Å². The summed E-state index contributed by atoms with van der Waals surface area (Å²) in [6.45, 7) is 4.24. The number of benzene rings is 1. The van der Waals surface area contributed by atoms with Crippen LogP contribution in [-0.2, 0) is 6.42 Å². The number of aromatic amines is 1. The van der Waals surface area contributed by atoms with Crippen molar-refractivity contribution in [2.75, 3.05) is 6.54 Å². The molecule has 0 saturated carbocycles. The lowest BCUT2D eigenvalue weighted by Gasteiger charge is -2.02. The number of nitrogens with one attached hydrogen (secondary N) is 2. The number of thiazole rings is 1. The first-order valence-electron chi connectivity index (χ1n) is 7.32. The van der Waals surface area contributed by atoms with Crippen LogP contribution < -0.4 is 5.32 Å². The van der Waals surface area contributed by atoms with Crippen molar-refractivity contribution in [3.8, 4) is 11.4 Å². The first-order valence-corrected chi connectivity index (χ1v) is 8.14. The van der Waals surface area contributed by atoms with Crippen LogP contribution in [0.25, 0.3) is 11.4 Å². The third-order valence-corrected chi connectivity index (χ3v) is 4.39. The highest BCUT2D eigenvalue weighted by Crippen LogP contribution is 2.17. The average Bonchev–Trinajstić information content (AvgIpc) is 3.14. The van der Waals surface area contributed by atoms with E-state index in [1.54, 1.807) is 0 Å². The molecule has 0 bridgehead atoms. The summed E-state index contributed by atoms with van der Waals surface area (Å²) < 4.78 is 0. The van der Waals surface area contributed by atoms with E-state index in [1.807, 2.05) is 44.2 Å².